The normalized spacial score (nSPS) is 10.6. The van der Waals surface area contributed by atoms with Gasteiger partial charge in [-0.2, -0.15) is 21.6 Å². The van der Waals surface area contributed by atoms with Crippen molar-refractivity contribution in [1.82, 2.24) is 10.3 Å². The second kappa shape index (κ2) is 16.3. The van der Waals surface area contributed by atoms with E-state index in [2.05, 4.69) is 20.9 Å². The first-order valence-corrected chi connectivity index (χ1v) is 14.2. The number of aromatic nitrogens is 1. The van der Waals surface area contributed by atoms with E-state index in [1.165, 1.54) is 37.5 Å². The van der Waals surface area contributed by atoms with Gasteiger partial charge in [0.05, 0.1) is 15.5 Å². The van der Waals surface area contributed by atoms with Crippen LogP contribution in [0.1, 0.15) is 21.6 Å². The quantitative estimate of drug-likeness (QED) is 0.132. The van der Waals surface area contributed by atoms with E-state index in [1.54, 1.807) is 55.6 Å². The Morgan fingerprint density at radius 3 is 2.07 bits per heavy atom. The maximum absolute atomic E-state index is 12.3. The number of carbonyl (C=O) groups is 2. The summed E-state index contributed by atoms with van der Waals surface area (Å²) in [7, 11) is -0.937. The molecule has 0 aliphatic heterocycles. The van der Waals surface area contributed by atoms with Crippen LogP contribution in [0.3, 0.4) is 0 Å². The number of hydrogen-bond donors (Lipinski definition) is 4. The molecule has 0 unspecified atom stereocenters. The van der Waals surface area contributed by atoms with Gasteiger partial charge in [0.2, 0.25) is 6.41 Å². The molecule has 4 aromatic rings. The van der Waals surface area contributed by atoms with Gasteiger partial charge in [0.15, 0.2) is 0 Å². The highest BCUT2D eigenvalue weighted by Gasteiger charge is 2.33. The molecule has 44 heavy (non-hydrogen) atoms. The highest BCUT2D eigenvalue weighted by atomic mass is 35.5. The number of anilines is 2. The van der Waals surface area contributed by atoms with Crippen LogP contribution in [0.5, 0.6) is 11.5 Å². The molecule has 2 amide bonds. The molecule has 0 spiro atoms. The number of nitrogens with zero attached hydrogens (tertiary/aromatic N) is 1. The van der Waals surface area contributed by atoms with Crippen LogP contribution in [0, 0.1) is 6.92 Å². The van der Waals surface area contributed by atoms with E-state index < -0.39 is 21.9 Å². The predicted octanol–water partition coefficient (Wildman–Crippen LogP) is 6.44. The minimum absolute atomic E-state index is 0.0666. The molecular weight excluding hydrogens is 625 g/mol. The summed E-state index contributed by atoms with van der Waals surface area (Å²) >= 11 is 5.39. The SMILES string of the molecule is CNC(=O)c1cc(Oc2ccc(NC=O)cc2)ccn1.CNc1ccc(Cl)c(C(F)(F)F)c1.Cc1ccc(S(=O)(=O)O)cc1. The summed E-state index contributed by atoms with van der Waals surface area (Å²) in [6.07, 6.45) is -2.29. The smallest absolute Gasteiger partial charge is 0.417 e. The van der Waals surface area contributed by atoms with Gasteiger partial charge >= 0.3 is 6.18 Å². The number of amides is 2. The minimum Gasteiger partial charge on any atom is -0.457 e. The Balaban J connectivity index is 0.000000244. The Morgan fingerprint density at radius 1 is 0.932 bits per heavy atom. The Labute approximate surface area is 257 Å². The lowest BCUT2D eigenvalue weighted by Gasteiger charge is -2.10. The lowest BCUT2D eigenvalue weighted by atomic mass is 10.2. The summed E-state index contributed by atoms with van der Waals surface area (Å²) in [6, 6.07) is 19.7. The van der Waals surface area contributed by atoms with Crippen LogP contribution in [0.2, 0.25) is 5.02 Å². The summed E-state index contributed by atoms with van der Waals surface area (Å²) in [5, 5.41) is 7.35. The molecule has 0 bridgehead atoms. The van der Waals surface area contributed by atoms with Crippen molar-refractivity contribution in [1.29, 1.82) is 0 Å². The number of carbonyl (C=O) groups excluding carboxylic acids is 2. The van der Waals surface area contributed by atoms with Crippen LogP contribution in [0.15, 0.2) is 90.0 Å². The molecule has 10 nitrogen and oxygen atoms in total. The zero-order valence-corrected chi connectivity index (χ0v) is 25.1. The molecule has 3 aromatic carbocycles. The summed E-state index contributed by atoms with van der Waals surface area (Å²) in [4.78, 5) is 25.6. The number of alkyl halides is 3. The standard InChI is InChI=1S/C14H13N3O3.C8H7ClF3N.C7H8O3S/c1-15-14(19)13-8-12(6-7-16-13)20-11-4-2-10(3-5-11)17-9-18;1-13-5-2-3-7(9)6(4-5)8(10,11)12;1-6-2-4-7(5-3-6)11(8,9)10/h2-9H,1H3,(H,15,19)(H,17,18);2-4,13H,1H3;2-5H,1H3,(H,8,9,10). The molecule has 0 fully saturated rings. The van der Waals surface area contributed by atoms with Crippen molar-refractivity contribution in [3.05, 3.63) is 107 Å². The van der Waals surface area contributed by atoms with Gasteiger partial charge in [0.1, 0.15) is 17.2 Å². The topological polar surface area (TPSA) is 147 Å². The molecule has 4 rings (SSSR count). The van der Waals surface area contributed by atoms with Crippen molar-refractivity contribution in [3.8, 4) is 11.5 Å². The summed E-state index contributed by atoms with van der Waals surface area (Å²) in [6.45, 7) is 1.84. The monoisotopic (exact) mass is 652 g/mol. The van der Waals surface area contributed by atoms with Crippen molar-refractivity contribution < 1.29 is 40.5 Å². The third-order valence-electron chi connectivity index (χ3n) is 5.39. The fraction of sp³-hybridized carbons (Fsp3) is 0.138. The lowest BCUT2D eigenvalue weighted by molar-refractivity contribution is -0.137. The number of rotatable bonds is 7. The lowest BCUT2D eigenvalue weighted by Crippen LogP contribution is -2.18. The fourth-order valence-corrected chi connectivity index (χ4v) is 3.86. The number of hydrogen-bond acceptors (Lipinski definition) is 7. The first kappa shape index (κ1) is 35.5. The Bertz CT molecular complexity index is 1650. The van der Waals surface area contributed by atoms with E-state index in [1.807, 2.05) is 6.92 Å². The van der Waals surface area contributed by atoms with Crippen molar-refractivity contribution in [2.24, 2.45) is 0 Å². The highest BCUT2D eigenvalue weighted by molar-refractivity contribution is 7.85. The average molecular weight is 653 g/mol. The van der Waals surface area contributed by atoms with Gasteiger partial charge in [-0.1, -0.05) is 29.3 Å². The van der Waals surface area contributed by atoms with E-state index in [0.29, 0.717) is 29.3 Å². The summed E-state index contributed by atoms with van der Waals surface area (Å²) in [5.74, 6) is 0.825. The molecule has 1 aromatic heterocycles. The molecule has 15 heteroatoms. The van der Waals surface area contributed by atoms with Crippen LogP contribution in [-0.2, 0) is 21.1 Å². The molecule has 4 N–H and O–H groups in total. The zero-order valence-electron chi connectivity index (χ0n) is 23.5. The van der Waals surface area contributed by atoms with Gasteiger partial charge in [0, 0.05) is 37.7 Å². The molecule has 0 saturated heterocycles. The first-order chi connectivity index (χ1) is 20.7. The van der Waals surface area contributed by atoms with Crippen LogP contribution in [0.4, 0.5) is 24.5 Å². The largest absolute Gasteiger partial charge is 0.457 e. The summed E-state index contributed by atoms with van der Waals surface area (Å²) in [5.41, 5.74) is 1.48. The van der Waals surface area contributed by atoms with Crippen LogP contribution in [-0.4, -0.2) is 44.4 Å². The predicted molar refractivity (Wildman–Crippen MR) is 161 cm³/mol. The fourth-order valence-electron chi connectivity index (χ4n) is 3.16. The van der Waals surface area contributed by atoms with Crippen LogP contribution < -0.4 is 20.7 Å². The van der Waals surface area contributed by atoms with Crippen molar-refractivity contribution in [3.63, 3.8) is 0 Å². The van der Waals surface area contributed by atoms with E-state index in [-0.39, 0.29) is 21.5 Å². The van der Waals surface area contributed by atoms with Crippen molar-refractivity contribution in [2.45, 2.75) is 18.0 Å². The van der Waals surface area contributed by atoms with E-state index in [9.17, 15) is 31.2 Å². The molecule has 0 aliphatic rings. The number of benzene rings is 3. The minimum atomic E-state index is -4.40. The highest BCUT2D eigenvalue weighted by Crippen LogP contribution is 2.36. The maximum atomic E-state index is 12.3. The Kier molecular flexibility index (Phi) is 13.1. The number of ether oxygens (including phenoxy) is 1. The van der Waals surface area contributed by atoms with E-state index in [0.717, 1.165) is 11.6 Å². The summed E-state index contributed by atoms with van der Waals surface area (Å²) < 4.78 is 71.9. The molecule has 0 aliphatic carbocycles. The number of aryl methyl sites for hydroxylation is 1. The van der Waals surface area contributed by atoms with Gasteiger partial charge in [0.25, 0.3) is 16.0 Å². The second-order valence-electron chi connectivity index (χ2n) is 8.58. The van der Waals surface area contributed by atoms with E-state index in [4.69, 9.17) is 20.9 Å². The van der Waals surface area contributed by atoms with Crippen molar-refractivity contribution >= 4 is 45.4 Å². The molecule has 0 radical (unpaired) electrons. The molecular formula is C29H28ClF3N4O6S. The van der Waals surface area contributed by atoms with Crippen LogP contribution >= 0.6 is 11.6 Å². The van der Waals surface area contributed by atoms with Gasteiger partial charge < -0.3 is 20.7 Å². The van der Waals surface area contributed by atoms with Crippen LogP contribution in [0.25, 0.3) is 0 Å². The molecule has 0 saturated carbocycles. The van der Waals surface area contributed by atoms with E-state index >= 15 is 0 Å². The number of nitrogens with one attached hydrogen (secondary N) is 3. The molecule has 0 atom stereocenters. The zero-order chi connectivity index (χ0) is 32.9. The van der Waals surface area contributed by atoms with Gasteiger partial charge in [-0.25, -0.2) is 0 Å². The van der Waals surface area contributed by atoms with Gasteiger partial charge in [-0.05, 0) is 67.6 Å². The second-order valence-corrected chi connectivity index (χ2v) is 10.4. The molecule has 1 heterocycles. The first-order valence-electron chi connectivity index (χ1n) is 12.4. The third kappa shape index (κ3) is 11.6. The van der Waals surface area contributed by atoms with Gasteiger partial charge in [-0.15, -0.1) is 0 Å². The maximum Gasteiger partial charge on any atom is 0.417 e. The Hall–Kier alpha value is -4.66. The Morgan fingerprint density at radius 2 is 1.55 bits per heavy atom. The average Bonchev–Trinajstić information content (AvgIpc) is 2.98. The van der Waals surface area contributed by atoms with Gasteiger partial charge in [-0.3, -0.25) is 19.1 Å². The van der Waals surface area contributed by atoms with Crippen molar-refractivity contribution in [2.75, 3.05) is 24.7 Å². The third-order valence-corrected chi connectivity index (χ3v) is 6.58. The molecule has 234 valence electrons. The number of pyridine rings is 1. The number of halogens is 4.